The molecule has 7 nitrogen and oxygen atoms in total. The molecule has 0 saturated carbocycles. The van der Waals surface area contributed by atoms with Crippen LogP contribution in [0.3, 0.4) is 0 Å². The van der Waals surface area contributed by atoms with Crippen molar-refractivity contribution < 1.29 is 14.3 Å². The zero-order chi connectivity index (χ0) is 20.4. The molecular weight excluding hydrogens is 368 g/mol. The third kappa shape index (κ3) is 3.95. The fraction of sp³-hybridized carbons (Fsp3) is 0.273. The molecule has 7 heteroatoms. The normalized spacial score (nSPS) is 14.8. The number of benzene rings is 2. The molecule has 1 saturated heterocycles. The number of hydrogen-bond donors (Lipinski definition) is 2. The average molecular weight is 392 g/mol. The molecule has 2 aromatic carbocycles. The van der Waals surface area contributed by atoms with Crippen molar-refractivity contribution in [3.05, 3.63) is 59.8 Å². The van der Waals surface area contributed by atoms with Crippen molar-refractivity contribution in [2.24, 2.45) is 0 Å². The van der Waals surface area contributed by atoms with Gasteiger partial charge in [0.2, 0.25) is 0 Å². The van der Waals surface area contributed by atoms with Crippen LogP contribution in [0.15, 0.2) is 48.5 Å². The van der Waals surface area contributed by atoms with Crippen molar-refractivity contribution in [3.8, 4) is 5.75 Å². The first kappa shape index (κ1) is 19.0. The lowest BCUT2D eigenvalue weighted by Gasteiger charge is -2.32. The number of aromatic nitrogens is 1. The number of nitrogens with one attached hydrogen (secondary N) is 2. The van der Waals surface area contributed by atoms with E-state index in [0.29, 0.717) is 35.8 Å². The van der Waals surface area contributed by atoms with Gasteiger partial charge in [-0.2, -0.15) is 0 Å². The molecule has 0 radical (unpaired) electrons. The fourth-order valence-corrected chi connectivity index (χ4v) is 3.52. The van der Waals surface area contributed by atoms with E-state index in [1.807, 2.05) is 36.2 Å². The maximum absolute atomic E-state index is 12.9. The van der Waals surface area contributed by atoms with Gasteiger partial charge in [0, 0.05) is 42.6 Å². The second-order valence-electron chi connectivity index (χ2n) is 7.23. The number of para-hydroxylation sites is 1. The molecule has 1 aromatic heterocycles. The van der Waals surface area contributed by atoms with Crippen LogP contribution in [0, 0.1) is 0 Å². The third-order valence-electron chi connectivity index (χ3n) is 5.26. The van der Waals surface area contributed by atoms with Gasteiger partial charge in [0.25, 0.3) is 11.8 Å². The van der Waals surface area contributed by atoms with E-state index < -0.39 is 0 Å². The van der Waals surface area contributed by atoms with E-state index in [0.717, 1.165) is 24.0 Å². The van der Waals surface area contributed by atoms with Gasteiger partial charge in [-0.15, -0.1) is 0 Å². The van der Waals surface area contributed by atoms with Crippen LogP contribution in [-0.4, -0.2) is 66.9 Å². The van der Waals surface area contributed by atoms with E-state index >= 15 is 0 Å². The molecule has 150 valence electrons. The van der Waals surface area contributed by atoms with E-state index in [9.17, 15) is 9.59 Å². The van der Waals surface area contributed by atoms with E-state index in [-0.39, 0.29) is 11.8 Å². The predicted octanol–water partition coefficient (Wildman–Crippen LogP) is 2.82. The summed E-state index contributed by atoms with van der Waals surface area (Å²) < 4.78 is 5.38. The lowest BCUT2D eigenvalue weighted by molar-refractivity contribution is 0.0664. The van der Waals surface area contributed by atoms with Gasteiger partial charge in [0.05, 0.1) is 12.8 Å². The zero-order valence-electron chi connectivity index (χ0n) is 16.6. The molecule has 3 aromatic rings. The summed E-state index contributed by atoms with van der Waals surface area (Å²) in [5.41, 5.74) is 2.34. The van der Waals surface area contributed by atoms with Crippen molar-refractivity contribution >= 4 is 28.4 Å². The van der Waals surface area contributed by atoms with Crippen molar-refractivity contribution in [1.82, 2.24) is 14.8 Å². The quantitative estimate of drug-likeness (QED) is 0.716. The minimum absolute atomic E-state index is 0.0399. The summed E-state index contributed by atoms with van der Waals surface area (Å²) >= 11 is 0. The summed E-state index contributed by atoms with van der Waals surface area (Å²) in [5.74, 6) is 0.176. The highest BCUT2D eigenvalue weighted by molar-refractivity contribution is 6.07. The maximum Gasteiger partial charge on any atom is 0.272 e. The highest BCUT2D eigenvalue weighted by atomic mass is 16.5. The number of H-pyrrole nitrogens is 1. The van der Waals surface area contributed by atoms with Gasteiger partial charge in [-0.1, -0.05) is 18.2 Å². The Morgan fingerprint density at radius 2 is 1.79 bits per heavy atom. The number of methoxy groups -OCH3 is 1. The number of piperazine rings is 1. The average Bonchev–Trinajstić information content (AvgIpc) is 3.18. The predicted molar refractivity (Wildman–Crippen MR) is 113 cm³/mol. The van der Waals surface area contributed by atoms with Crippen LogP contribution in [0.25, 0.3) is 10.9 Å². The summed E-state index contributed by atoms with van der Waals surface area (Å²) in [4.78, 5) is 32.8. The Morgan fingerprint density at radius 1 is 1.03 bits per heavy atom. The van der Waals surface area contributed by atoms with Gasteiger partial charge in [-0.25, -0.2) is 0 Å². The topological polar surface area (TPSA) is 77.7 Å². The SMILES string of the molecule is COc1ccc(C(=O)N2CCN(C)CC2)cc1NC(=O)c1cc2ccccc2[nH]1. The Bertz CT molecular complexity index is 1020. The molecule has 2 amide bonds. The second kappa shape index (κ2) is 7.97. The summed E-state index contributed by atoms with van der Waals surface area (Å²) in [6.45, 7) is 3.09. The Hall–Kier alpha value is -3.32. The molecular formula is C22H24N4O3. The van der Waals surface area contributed by atoms with Crippen LogP contribution in [0.4, 0.5) is 5.69 Å². The molecule has 0 unspecified atom stereocenters. The largest absolute Gasteiger partial charge is 0.495 e. The van der Waals surface area contributed by atoms with Gasteiger partial charge in [-0.3, -0.25) is 9.59 Å². The fourth-order valence-electron chi connectivity index (χ4n) is 3.52. The third-order valence-corrected chi connectivity index (χ3v) is 5.26. The summed E-state index contributed by atoms with van der Waals surface area (Å²) in [6.07, 6.45) is 0. The summed E-state index contributed by atoms with van der Waals surface area (Å²) in [5, 5.41) is 3.83. The zero-order valence-corrected chi connectivity index (χ0v) is 16.6. The van der Waals surface area contributed by atoms with Crippen LogP contribution in [0.1, 0.15) is 20.8 Å². The molecule has 4 rings (SSSR count). The van der Waals surface area contributed by atoms with Crippen molar-refractivity contribution in [3.63, 3.8) is 0 Å². The minimum Gasteiger partial charge on any atom is -0.495 e. The van der Waals surface area contributed by atoms with Gasteiger partial charge in [0.1, 0.15) is 11.4 Å². The minimum atomic E-state index is -0.288. The molecule has 1 aliphatic heterocycles. The number of nitrogens with zero attached hydrogens (tertiary/aromatic N) is 2. The van der Waals surface area contributed by atoms with Gasteiger partial charge >= 0.3 is 0 Å². The lowest BCUT2D eigenvalue weighted by Crippen LogP contribution is -2.47. The number of aromatic amines is 1. The first-order valence-electron chi connectivity index (χ1n) is 9.60. The highest BCUT2D eigenvalue weighted by Gasteiger charge is 2.22. The monoisotopic (exact) mass is 392 g/mol. The highest BCUT2D eigenvalue weighted by Crippen LogP contribution is 2.27. The number of carbonyl (C=O) groups is 2. The number of likely N-dealkylation sites (N-methyl/N-ethyl adjacent to an activating group) is 1. The first-order chi connectivity index (χ1) is 14.0. The molecule has 2 heterocycles. The van der Waals surface area contributed by atoms with E-state index in [4.69, 9.17) is 4.74 Å². The van der Waals surface area contributed by atoms with Gasteiger partial charge in [-0.05, 0) is 37.4 Å². The lowest BCUT2D eigenvalue weighted by atomic mass is 10.1. The molecule has 29 heavy (non-hydrogen) atoms. The Balaban J connectivity index is 1.56. The molecule has 0 spiro atoms. The maximum atomic E-state index is 12.9. The number of hydrogen-bond acceptors (Lipinski definition) is 4. The molecule has 0 atom stereocenters. The molecule has 2 N–H and O–H groups in total. The number of amides is 2. The van der Waals surface area contributed by atoms with E-state index in [1.165, 1.54) is 7.11 Å². The van der Waals surface area contributed by atoms with Crippen molar-refractivity contribution in [2.75, 3.05) is 45.7 Å². The van der Waals surface area contributed by atoms with Crippen LogP contribution in [0.2, 0.25) is 0 Å². The number of anilines is 1. The first-order valence-corrected chi connectivity index (χ1v) is 9.60. The van der Waals surface area contributed by atoms with E-state index in [2.05, 4.69) is 15.2 Å². The van der Waals surface area contributed by atoms with Crippen LogP contribution < -0.4 is 10.1 Å². The second-order valence-corrected chi connectivity index (χ2v) is 7.23. The molecule has 0 aliphatic carbocycles. The van der Waals surface area contributed by atoms with Crippen molar-refractivity contribution in [2.45, 2.75) is 0 Å². The van der Waals surface area contributed by atoms with Crippen molar-refractivity contribution in [1.29, 1.82) is 0 Å². The Morgan fingerprint density at radius 3 is 2.52 bits per heavy atom. The van der Waals surface area contributed by atoms with Crippen LogP contribution >= 0.6 is 0 Å². The molecule has 1 aliphatic rings. The van der Waals surface area contributed by atoms with Gasteiger partial charge in [0.15, 0.2) is 0 Å². The summed E-state index contributed by atoms with van der Waals surface area (Å²) in [6, 6.07) is 14.6. The number of ether oxygens (including phenoxy) is 1. The van der Waals surface area contributed by atoms with Crippen LogP contribution in [-0.2, 0) is 0 Å². The summed E-state index contributed by atoms with van der Waals surface area (Å²) in [7, 11) is 3.59. The smallest absolute Gasteiger partial charge is 0.272 e. The van der Waals surface area contributed by atoms with Crippen LogP contribution in [0.5, 0.6) is 5.75 Å². The number of rotatable bonds is 4. The number of fused-ring (bicyclic) bond motifs is 1. The van der Waals surface area contributed by atoms with E-state index in [1.54, 1.807) is 24.3 Å². The number of carbonyl (C=O) groups excluding carboxylic acids is 2. The standard InChI is InChI=1S/C22H24N4O3/c1-25-9-11-26(12-10-25)22(28)16-7-8-20(29-2)18(14-16)24-21(27)19-13-15-5-3-4-6-17(15)23-19/h3-8,13-14,23H,9-12H2,1-2H3,(H,24,27). The van der Waals surface area contributed by atoms with Gasteiger partial charge < -0.3 is 24.8 Å². The Labute approximate surface area is 169 Å². The Kier molecular flexibility index (Phi) is 5.22. The molecule has 1 fully saturated rings. The molecule has 0 bridgehead atoms.